The topological polar surface area (TPSA) is 54.0 Å². The van der Waals surface area contributed by atoms with Crippen LogP contribution in [0.3, 0.4) is 0 Å². The monoisotopic (exact) mass is 833 g/mol. The number of hydrogen-bond donors (Lipinski definition) is 0. The summed E-state index contributed by atoms with van der Waals surface area (Å²) < 4.78 is 26.2. The molecule has 0 N–H and O–H groups in total. The Morgan fingerprint density at radius 2 is 1.03 bits per heavy atom. The Kier molecular flexibility index (Phi) is 18.8. The average Bonchev–Trinajstić information content (AvgIpc) is 3.16. The summed E-state index contributed by atoms with van der Waals surface area (Å²) in [5, 5.41) is 0. The van der Waals surface area contributed by atoms with Gasteiger partial charge in [-0.25, -0.2) is 0 Å². The maximum atomic E-state index is 12.3. The van der Waals surface area contributed by atoms with Crippen molar-refractivity contribution in [3.05, 3.63) is 110 Å². The molecule has 0 saturated heterocycles. The molecule has 334 valence electrons. The fraction of sp³-hybridized carbons (Fsp3) is 0.554. The number of carbonyl (C=O) groups is 1. The number of esters is 1. The van der Waals surface area contributed by atoms with Gasteiger partial charge in [0.05, 0.1) is 0 Å². The van der Waals surface area contributed by atoms with E-state index in [1.165, 1.54) is 40.4 Å². The SMILES string of the molecule is CC(=O)Oc1cc(C)c2c(c1Oc1cc(C)c3c(c1)CCC(C)(CCC=C(C)CCC=C(C)CCC=C(C)C)O3)CCC(C)(CCC=C(C)CCC=C(C)CCC=C(C)C)O2. The second-order valence-corrected chi connectivity index (χ2v) is 19.4. The molecule has 0 bridgehead atoms. The van der Waals surface area contributed by atoms with Crippen LogP contribution in [0.4, 0.5) is 0 Å². The molecule has 2 aromatic rings. The zero-order valence-electron chi connectivity index (χ0n) is 40.6. The summed E-state index contributed by atoms with van der Waals surface area (Å²) in [5.74, 6) is 3.15. The summed E-state index contributed by atoms with van der Waals surface area (Å²) in [4.78, 5) is 12.3. The summed E-state index contributed by atoms with van der Waals surface area (Å²) in [5.41, 5.74) is 12.2. The maximum absolute atomic E-state index is 12.3. The van der Waals surface area contributed by atoms with Gasteiger partial charge in [0.15, 0.2) is 11.5 Å². The van der Waals surface area contributed by atoms with E-state index in [1.54, 1.807) is 0 Å². The maximum Gasteiger partial charge on any atom is 0.308 e. The van der Waals surface area contributed by atoms with Crippen LogP contribution in [0, 0.1) is 13.8 Å². The highest BCUT2D eigenvalue weighted by Crippen LogP contribution is 2.49. The molecule has 0 amide bonds. The van der Waals surface area contributed by atoms with Crippen molar-refractivity contribution < 1.29 is 23.7 Å². The molecule has 2 atom stereocenters. The number of fused-ring (bicyclic) bond motifs is 2. The van der Waals surface area contributed by atoms with Crippen LogP contribution in [-0.4, -0.2) is 17.2 Å². The Hall–Kier alpha value is -4.25. The van der Waals surface area contributed by atoms with Gasteiger partial charge < -0.3 is 18.9 Å². The number of ether oxygens (including phenoxy) is 4. The number of aryl methyl sites for hydroxylation is 3. The fourth-order valence-corrected chi connectivity index (χ4v) is 8.51. The third-order valence-corrected chi connectivity index (χ3v) is 12.4. The number of hydrogen-bond acceptors (Lipinski definition) is 5. The van der Waals surface area contributed by atoms with Gasteiger partial charge in [0.25, 0.3) is 0 Å². The lowest BCUT2D eigenvalue weighted by atomic mass is 9.87. The van der Waals surface area contributed by atoms with E-state index in [2.05, 4.69) is 125 Å². The summed E-state index contributed by atoms with van der Waals surface area (Å²) in [7, 11) is 0. The van der Waals surface area contributed by atoms with E-state index < -0.39 is 0 Å². The summed E-state index contributed by atoms with van der Waals surface area (Å²) in [6, 6.07) is 6.05. The molecule has 2 aromatic carbocycles. The van der Waals surface area contributed by atoms with Crippen molar-refractivity contribution in [3.8, 4) is 28.7 Å². The van der Waals surface area contributed by atoms with Gasteiger partial charge in [-0.15, -0.1) is 0 Å². The normalized spacial score (nSPS) is 19.3. The van der Waals surface area contributed by atoms with Gasteiger partial charge in [-0.1, -0.05) is 69.9 Å². The standard InChI is InChI=1S/C56H80O5/c1-39(2)20-14-22-41(5)24-16-26-43(7)28-18-32-55(12)34-30-48-38-49(36-45(9)52(48)60-55)59-54-50-31-35-56(13,61-53(50)46(10)37-51(54)58-47(11)57)33-19-29-44(8)27-17-25-42(6)23-15-21-40(3)4/h20-21,24-25,28-29,36-38H,14-19,22-23,26-27,30-35H2,1-13H3. The molecule has 2 unspecified atom stereocenters. The van der Waals surface area contributed by atoms with Gasteiger partial charge in [-0.05, 0) is 221 Å². The lowest BCUT2D eigenvalue weighted by molar-refractivity contribution is -0.132. The number of rotatable bonds is 21. The number of allylic oxidation sites excluding steroid dienone is 12. The first-order chi connectivity index (χ1) is 28.8. The summed E-state index contributed by atoms with van der Waals surface area (Å²) >= 11 is 0. The van der Waals surface area contributed by atoms with Crippen molar-refractivity contribution >= 4 is 5.97 Å². The van der Waals surface area contributed by atoms with E-state index >= 15 is 0 Å². The van der Waals surface area contributed by atoms with Crippen LogP contribution in [0.25, 0.3) is 0 Å². The molecule has 0 fully saturated rings. The molecule has 0 aromatic heterocycles. The highest BCUT2D eigenvalue weighted by molar-refractivity contribution is 5.72. The van der Waals surface area contributed by atoms with Crippen LogP contribution in [0.2, 0.25) is 0 Å². The van der Waals surface area contributed by atoms with Crippen molar-refractivity contribution in [1.29, 1.82) is 0 Å². The molecule has 5 nitrogen and oxygen atoms in total. The summed E-state index contributed by atoms with van der Waals surface area (Å²) in [6.45, 7) is 27.7. The Balaban J connectivity index is 1.40. The first-order valence-electron chi connectivity index (χ1n) is 23.3. The molecular weight excluding hydrogens is 753 g/mol. The molecule has 0 radical (unpaired) electrons. The quantitative estimate of drug-likeness (QED) is 0.0712. The van der Waals surface area contributed by atoms with Gasteiger partial charge in [0.1, 0.15) is 28.5 Å². The van der Waals surface area contributed by atoms with E-state index in [4.69, 9.17) is 18.9 Å². The third kappa shape index (κ3) is 16.2. The van der Waals surface area contributed by atoms with Crippen molar-refractivity contribution in [2.24, 2.45) is 0 Å². The average molecular weight is 833 g/mol. The first kappa shape index (κ1) is 49.4. The smallest absolute Gasteiger partial charge is 0.308 e. The highest BCUT2D eigenvalue weighted by atomic mass is 16.6. The predicted octanol–water partition coefficient (Wildman–Crippen LogP) is 16.6. The fourth-order valence-electron chi connectivity index (χ4n) is 8.51. The van der Waals surface area contributed by atoms with Crippen LogP contribution in [0.5, 0.6) is 28.7 Å². The van der Waals surface area contributed by atoms with Crippen LogP contribution in [0.15, 0.2) is 88.1 Å². The van der Waals surface area contributed by atoms with Crippen LogP contribution >= 0.6 is 0 Å². The molecule has 2 aliphatic heterocycles. The number of benzene rings is 2. The largest absolute Gasteiger partial charge is 0.487 e. The minimum absolute atomic E-state index is 0.225. The van der Waals surface area contributed by atoms with E-state index in [1.807, 2.05) is 13.0 Å². The molecular formula is C56H80O5. The first-order valence-corrected chi connectivity index (χ1v) is 23.3. The Morgan fingerprint density at radius 1 is 0.590 bits per heavy atom. The molecule has 0 aliphatic carbocycles. The van der Waals surface area contributed by atoms with Gasteiger partial charge in [0.2, 0.25) is 0 Å². The predicted molar refractivity (Wildman–Crippen MR) is 258 cm³/mol. The van der Waals surface area contributed by atoms with E-state index in [0.29, 0.717) is 11.5 Å². The second kappa shape index (κ2) is 23.3. The molecule has 61 heavy (non-hydrogen) atoms. The molecule has 2 aliphatic rings. The van der Waals surface area contributed by atoms with E-state index in [-0.39, 0.29) is 17.2 Å². The van der Waals surface area contributed by atoms with Crippen molar-refractivity contribution in [2.45, 2.75) is 204 Å². The summed E-state index contributed by atoms with van der Waals surface area (Å²) in [6.07, 6.45) is 30.5. The molecule has 0 spiro atoms. The highest BCUT2D eigenvalue weighted by Gasteiger charge is 2.36. The molecule has 2 heterocycles. The zero-order valence-corrected chi connectivity index (χ0v) is 40.6. The van der Waals surface area contributed by atoms with Crippen molar-refractivity contribution in [2.75, 3.05) is 0 Å². The number of carbonyl (C=O) groups excluding carboxylic acids is 1. The molecule has 4 rings (SSSR count). The van der Waals surface area contributed by atoms with Crippen molar-refractivity contribution in [1.82, 2.24) is 0 Å². The van der Waals surface area contributed by atoms with Gasteiger partial charge in [0, 0.05) is 12.5 Å². The minimum atomic E-state index is -0.376. The van der Waals surface area contributed by atoms with Crippen LogP contribution in [-0.2, 0) is 17.6 Å². The Labute approximate surface area is 371 Å². The molecule has 0 saturated carbocycles. The minimum Gasteiger partial charge on any atom is -0.487 e. The van der Waals surface area contributed by atoms with E-state index in [0.717, 1.165) is 142 Å². The second-order valence-electron chi connectivity index (χ2n) is 19.4. The van der Waals surface area contributed by atoms with Gasteiger partial charge >= 0.3 is 5.97 Å². The van der Waals surface area contributed by atoms with Gasteiger partial charge in [-0.3, -0.25) is 4.79 Å². The van der Waals surface area contributed by atoms with Crippen LogP contribution < -0.4 is 18.9 Å². The Bertz CT molecular complexity index is 2010. The Morgan fingerprint density at radius 3 is 1.52 bits per heavy atom. The lowest BCUT2D eigenvalue weighted by Crippen LogP contribution is -2.36. The van der Waals surface area contributed by atoms with Crippen LogP contribution in [0.1, 0.15) is 188 Å². The van der Waals surface area contributed by atoms with Gasteiger partial charge in [-0.2, -0.15) is 0 Å². The zero-order chi connectivity index (χ0) is 44.7. The lowest BCUT2D eigenvalue weighted by Gasteiger charge is -2.38. The third-order valence-electron chi connectivity index (χ3n) is 12.4. The van der Waals surface area contributed by atoms with Crippen molar-refractivity contribution in [3.63, 3.8) is 0 Å². The molecule has 5 heteroatoms. The van der Waals surface area contributed by atoms with E-state index in [9.17, 15) is 4.79 Å².